The van der Waals surface area contributed by atoms with Crippen molar-refractivity contribution in [1.82, 2.24) is 9.78 Å². The Balaban J connectivity index is 2.49. The standard InChI is InChI=1S/C15H19FN2O2/c1-9(2)18-14(13(20-4)8-17-18)15(19)11-6-5-10(3)12(16)7-11/h5-9,15,19H,1-4H3. The van der Waals surface area contributed by atoms with Crippen LogP contribution in [-0.4, -0.2) is 22.0 Å². The predicted molar refractivity (Wildman–Crippen MR) is 74.4 cm³/mol. The van der Waals surface area contributed by atoms with Crippen molar-refractivity contribution in [2.75, 3.05) is 7.11 Å². The number of nitrogens with zero attached hydrogens (tertiary/aromatic N) is 2. The van der Waals surface area contributed by atoms with Gasteiger partial charge in [0.15, 0.2) is 5.75 Å². The topological polar surface area (TPSA) is 47.3 Å². The van der Waals surface area contributed by atoms with Crippen LogP contribution >= 0.6 is 0 Å². The molecule has 0 amide bonds. The maximum Gasteiger partial charge on any atom is 0.163 e. The normalized spacial score (nSPS) is 12.8. The summed E-state index contributed by atoms with van der Waals surface area (Å²) in [5.41, 5.74) is 1.56. The number of aromatic nitrogens is 2. The summed E-state index contributed by atoms with van der Waals surface area (Å²) >= 11 is 0. The Kier molecular flexibility index (Phi) is 4.09. The van der Waals surface area contributed by atoms with Gasteiger partial charge in [0.2, 0.25) is 0 Å². The van der Waals surface area contributed by atoms with Crippen LogP contribution in [0.15, 0.2) is 24.4 Å². The molecule has 1 N–H and O–H groups in total. The minimum Gasteiger partial charge on any atom is -0.493 e. The van der Waals surface area contributed by atoms with Crippen molar-refractivity contribution in [2.24, 2.45) is 0 Å². The molecule has 2 aromatic rings. The van der Waals surface area contributed by atoms with E-state index in [-0.39, 0.29) is 11.9 Å². The summed E-state index contributed by atoms with van der Waals surface area (Å²) in [6.07, 6.45) is 0.577. The summed E-state index contributed by atoms with van der Waals surface area (Å²) < 4.78 is 20.6. The molecule has 1 aromatic heterocycles. The molecule has 1 unspecified atom stereocenters. The van der Waals surface area contributed by atoms with Crippen molar-refractivity contribution in [3.8, 4) is 5.75 Å². The third-order valence-corrected chi connectivity index (χ3v) is 3.28. The molecule has 0 saturated heterocycles. The number of aliphatic hydroxyl groups excluding tert-OH is 1. The van der Waals surface area contributed by atoms with Crippen LogP contribution in [0, 0.1) is 12.7 Å². The van der Waals surface area contributed by atoms with Gasteiger partial charge in [-0.3, -0.25) is 4.68 Å². The van der Waals surface area contributed by atoms with Gasteiger partial charge in [0.1, 0.15) is 17.6 Å². The molecular formula is C15H19FN2O2. The molecule has 1 heterocycles. The van der Waals surface area contributed by atoms with Crippen LogP contribution in [0.4, 0.5) is 4.39 Å². The summed E-state index contributed by atoms with van der Waals surface area (Å²) in [6.45, 7) is 5.60. The Hall–Kier alpha value is -1.88. The minimum atomic E-state index is -0.982. The van der Waals surface area contributed by atoms with Crippen LogP contribution in [-0.2, 0) is 0 Å². The summed E-state index contributed by atoms with van der Waals surface area (Å²) in [7, 11) is 1.52. The first-order chi connectivity index (χ1) is 9.45. The number of ether oxygens (including phenoxy) is 1. The van der Waals surface area contributed by atoms with Crippen molar-refractivity contribution < 1.29 is 14.2 Å². The first-order valence-electron chi connectivity index (χ1n) is 6.51. The Morgan fingerprint density at radius 2 is 2.05 bits per heavy atom. The number of aryl methyl sites for hydroxylation is 1. The zero-order valence-electron chi connectivity index (χ0n) is 12.1. The van der Waals surface area contributed by atoms with E-state index in [0.29, 0.717) is 22.6 Å². The van der Waals surface area contributed by atoms with Crippen LogP contribution < -0.4 is 4.74 Å². The second kappa shape index (κ2) is 5.63. The zero-order chi connectivity index (χ0) is 14.9. The minimum absolute atomic E-state index is 0.0684. The van der Waals surface area contributed by atoms with E-state index in [1.807, 2.05) is 13.8 Å². The van der Waals surface area contributed by atoms with E-state index in [2.05, 4.69) is 5.10 Å². The fourth-order valence-electron chi connectivity index (χ4n) is 2.12. The average Bonchev–Trinajstić information content (AvgIpc) is 2.85. The van der Waals surface area contributed by atoms with E-state index in [9.17, 15) is 9.50 Å². The lowest BCUT2D eigenvalue weighted by molar-refractivity contribution is 0.199. The largest absolute Gasteiger partial charge is 0.493 e. The van der Waals surface area contributed by atoms with Crippen LogP contribution in [0.5, 0.6) is 5.75 Å². The van der Waals surface area contributed by atoms with Crippen LogP contribution in [0.2, 0.25) is 0 Å². The molecular weight excluding hydrogens is 259 g/mol. The van der Waals surface area contributed by atoms with E-state index in [1.54, 1.807) is 29.9 Å². The maximum atomic E-state index is 13.7. The van der Waals surface area contributed by atoms with Crippen molar-refractivity contribution in [1.29, 1.82) is 0 Å². The molecule has 1 atom stereocenters. The van der Waals surface area contributed by atoms with Crippen molar-refractivity contribution in [2.45, 2.75) is 32.9 Å². The molecule has 0 aliphatic carbocycles. The van der Waals surface area contributed by atoms with Gasteiger partial charge in [-0.05, 0) is 38.0 Å². The van der Waals surface area contributed by atoms with Gasteiger partial charge in [0.05, 0.1) is 13.3 Å². The fraction of sp³-hybridized carbons (Fsp3) is 0.400. The lowest BCUT2D eigenvalue weighted by Gasteiger charge is -2.17. The molecule has 1 aromatic carbocycles. The Morgan fingerprint density at radius 1 is 1.35 bits per heavy atom. The highest BCUT2D eigenvalue weighted by Crippen LogP contribution is 2.32. The number of aliphatic hydroxyl groups is 1. The maximum absolute atomic E-state index is 13.7. The smallest absolute Gasteiger partial charge is 0.163 e. The Labute approximate surface area is 117 Å². The molecule has 108 valence electrons. The van der Waals surface area contributed by atoms with Gasteiger partial charge in [0.25, 0.3) is 0 Å². The highest BCUT2D eigenvalue weighted by molar-refractivity contribution is 5.36. The van der Waals surface area contributed by atoms with E-state index in [1.165, 1.54) is 13.2 Å². The Bertz CT molecular complexity index is 608. The van der Waals surface area contributed by atoms with Crippen molar-refractivity contribution >= 4 is 0 Å². The lowest BCUT2D eigenvalue weighted by atomic mass is 10.0. The number of hydrogen-bond acceptors (Lipinski definition) is 3. The first-order valence-corrected chi connectivity index (χ1v) is 6.51. The highest BCUT2D eigenvalue weighted by Gasteiger charge is 2.23. The third kappa shape index (κ3) is 2.54. The van der Waals surface area contributed by atoms with Crippen LogP contribution in [0.25, 0.3) is 0 Å². The molecule has 0 fully saturated rings. The number of halogens is 1. The Morgan fingerprint density at radius 3 is 2.60 bits per heavy atom. The molecule has 0 aliphatic heterocycles. The van der Waals surface area contributed by atoms with Crippen LogP contribution in [0.3, 0.4) is 0 Å². The van der Waals surface area contributed by atoms with E-state index < -0.39 is 6.10 Å². The van der Waals surface area contributed by atoms with E-state index in [4.69, 9.17) is 4.74 Å². The number of methoxy groups -OCH3 is 1. The first kappa shape index (κ1) is 14.5. The summed E-state index contributed by atoms with van der Waals surface area (Å²) in [5, 5.41) is 14.7. The molecule has 0 aliphatic rings. The van der Waals surface area contributed by atoms with Gasteiger partial charge in [-0.15, -0.1) is 0 Å². The van der Waals surface area contributed by atoms with E-state index in [0.717, 1.165) is 0 Å². The van der Waals surface area contributed by atoms with Gasteiger partial charge >= 0.3 is 0 Å². The molecule has 0 saturated carbocycles. The van der Waals surface area contributed by atoms with Crippen molar-refractivity contribution in [3.63, 3.8) is 0 Å². The molecule has 0 bridgehead atoms. The SMILES string of the molecule is COc1cnn(C(C)C)c1C(O)c1ccc(C)c(F)c1. The van der Waals surface area contributed by atoms with Gasteiger partial charge in [-0.2, -0.15) is 5.10 Å². The monoisotopic (exact) mass is 278 g/mol. The quantitative estimate of drug-likeness (QED) is 0.935. The van der Waals surface area contributed by atoms with Crippen molar-refractivity contribution in [3.05, 3.63) is 47.0 Å². The molecule has 20 heavy (non-hydrogen) atoms. The predicted octanol–water partition coefficient (Wildman–Crippen LogP) is 3.00. The van der Waals surface area contributed by atoms with E-state index >= 15 is 0 Å². The second-order valence-corrected chi connectivity index (χ2v) is 5.05. The number of hydrogen-bond donors (Lipinski definition) is 1. The van der Waals surface area contributed by atoms with Gasteiger partial charge in [-0.1, -0.05) is 12.1 Å². The lowest BCUT2D eigenvalue weighted by Crippen LogP contribution is -2.13. The molecule has 0 spiro atoms. The summed E-state index contributed by atoms with van der Waals surface area (Å²) in [5.74, 6) is 0.156. The second-order valence-electron chi connectivity index (χ2n) is 5.05. The molecule has 0 radical (unpaired) electrons. The molecule has 5 heteroatoms. The van der Waals surface area contributed by atoms with Gasteiger partial charge in [0, 0.05) is 6.04 Å². The molecule has 4 nitrogen and oxygen atoms in total. The number of rotatable bonds is 4. The number of benzene rings is 1. The molecule has 2 rings (SSSR count). The van der Waals surface area contributed by atoms with Gasteiger partial charge < -0.3 is 9.84 Å². The third-order valence-electron chi connectivity index (χ3n) is 3.28. The van der Waals surface area contributed by atoms with Gasteiger partial charge in [-0.25, -0.2) is 4.39 Å². The average molecular weight is 278 g/mol. The highest BCUT2D eigenvalue weighted by atomic mass is 19.1. The summed E-state index contributed by atoms with van der Waals surface area (Å²) in [6, 6.07) is 4.77. The zero-order valence-corrected chi connectivity index (χ0v) is 12.1. The summed E-state index contributed by atoms with van der Waals surface area (Å²) in [4.78, 5) is 0. The van der Waals surface area contributed by atoms with Crippen LogP contribution in [0.1, 0.15) is 42.8 Å². The fourth-order valence-corrected chi connectivity index (χ4v) is 2.12.